The van der Waals surface area contributed by atoms with E-state index < -0.39 is 6.00 Å². The van der Waals surface area contributed by atoms with E-state index in [0.29, 0.717) is 31.3 Å². The Morgan fingerprint density at radius 2 is 1.70 bits per heavy atom. The fourth-order valence-corrected chi connectivity index (χ4v) is 4.84. The molecule has 6 heteroatoms. The molecule has 1 aromatic carbocycles. The lowest BCUT2D eigenvalue weighted by Gasteiger charge is -2.29. The number of halogens is 3. The fourth-order valence-electron chi connectivity index (χ4n) is 3.09. The van der Waals surface area contributed by atoms with Gasteiger partial charge in [0.05, 0.1) is 12.7 Å². The van der Waals surface area contributed by atoms with Gasteiger partial charge >= 0.3 is 6.00 Å². The van der Waals surface area contributed by atoms with Crippen LogP contribution >= 0.6 is 33.2 Å². The number of hydrogen-bond acceptors (Lipinski definition) is 2. The van der Waals surface area contributed by atoms with Crippen LogP contribution in [-0.2, 0) is 4.74 Å². The number of rotatable bonds is 8. The molecular weight excluding hydrogens is 371 g/mol. The van der Waals surface area contributed by atoms with E-state index in [2.05, 4.69) is 24.3 Å². The van der Waals surface area contributed by atoms with Crippen molar-refractivity contribution in [2.45, 2.75) is 57.1 Å². The number of benzene rings is 1. The molecule has 0 N–H and O–H groups in total. The Hall–Kier alpha value is 0.0669. The zero-order chi connectivity index (χ0) is 16.7. The Balaban J connectivity index is 1.69. The van der Waals surface area contributed by atoms with Crippen LogP contribution in [-0.4, -0.2) is 25.3 Å². The van der Waals surface area contributed by atoms with Gasteiger partial charge in [0.15, 0.2) is 0 Å². The van der Waals surface area contributed by atoms with Crippen LogP contribution in [0.15, 0.2) is 24.3 Å². The molecule has 0 radical (unpaired) electrons. The normalized spacial score (nSPS) is 22.1. The van der Waals surface area contributed by atoms with E-state index in [1.165, 1.54) is 18.4 Å². The monoisotopic (exact) mass is 394 g/mol. The summed E-state index contributed by atoms with van der Waals surface area (Å²) in [7, 11) is 0. The van der Waals surface area contributed by atoms with Crippen molar-refractivity contribution in [3.8, 4) is 5.75 Å². The van der Waals surface area contributed by atoms with E-state index in [1.807, 2.05) is 6.92 Å². The highest BCUT2D eigenvalue weighted by Gasteiger charge is 2.25. The summed E-state index contributed by atoms with van der Waals surface area (Å²) in [5, 5.41) is 0. The summed E-state index contributed by atoms with van der Waals surface area (Å²) in [4.78, 5) is 0. The average molecular weight is 396 g/mol. The summed E-state index contributed by atoms with van der Waals surface area (Å²) in [6.07, 6.45) is 5.80. The summed E-state index contributed by atoms with van der Waals surface area (Å²) < 4.78 is 11.4. The topological polar surface area (TPSA) is 18.5 Å². The number of hydrogen-bond donors (Lipinski definition) is 0. The van der Waals surface area contributed by atoms with Crippen molar-refractivity contribution in [3.05, 3.63) is 29.8 Å². The third-order valence-corrected chi connectivity index (χ3v) is 6.92. The van der Waals surface area contributed by atoms with Crippen molar-refractivity contribution in [2.75, 3.05) is 13.2 Å². The van der Waals surface area contributed by atoms with Crippen LogP contribution in [0.5, 0.6) is 5.75 Å². The van der Waals surface area contributed by atoms with Crippen LogP contribution in [0.1, 0.15) is 50.5 Å². The molecule has 1 aliphatic rings. The Morgan fingerprint density at radius 1 is 1.04 bits per heavy atom. The van der Waals surface area contributed by atoms with E-state index in [0.717, 1.165) is 25.0 Å². The highest BCUT2D eigenvalue weighted by molar-refractivity contribution is 7.64. The second kappa shape index (κ2) is 9.52. The van der Waals surface area contributed by atoms with Crippen molar-refractivity contribution >= 4 is 39.2 Å². The standard InChI is InChI=1S/C17H25Cl3O2Si/c1-2-21-16-8-4-14(5-9-16)15-6-10-17(11-7-15)22-12-3-13-23(18,19)20/h4-5,8-9,15,17H,2-3,6-7,10-13H2,1H3. The third-order valence-electron chi connectivity index (χ3n) is 4.29. The maximum atomic E-state index is 5.94. The molecule has 0 aromatic heterocycles. The molecule has 0 bridgehead atoms. The average Bonchev–Trinajstić information content (AvgIpc) is 2.52. The smallest absolute Gasteiger partial charge is 0.341 e. The van der Waals surface area contributed by atoms with Gasteiger partial charge in [-0.25, -0.2) is 0 Å². The van der Waals surface area contributed by atoms with Crippen molar-refractivity contribution in [3.63, 3.8) is 0 Å². The summed E-state index contributed by atoms with van der Waals surface area (Å²) in [5.41, 5.74) is 1.41. The molecule has 0 aliphatic heterocycles. The quantitative estimate of drug-likeness (QED) is 0.297. The second-order valence-electron chi connectivity index (χ2n) is 6.07. The molecule has 1 fully saturated rings. The summed E-state index contributed by atoms with van der Waals surface area (Å²) in [5.74, 6) is 1.59. The maximum absolute atomic E-state index is 5.94. The molecule has 0 atom stereocenters. The molecule has 1 aliphatic carbocycles. The van der Waals surface area contributed by atoms with Gasteiger partial charge < -0.3 is 9.47 Å². The van der Waals surface area contributed by atoms with E-state index in [1.54, 1.807) is 0 Å². The Bertz CT molecular complexity index is 454. The van der Waals surface area contributed by atoms with Crippen LogP contribution in [0.25, 0.3) is 0 Å². The highest BCUT2D eigenvalue weighted by Crippen LogP contribution is 2.35. The van der Waals surface area contributed by atoms with E-state index in [4.69, 9.17) is 42.7 Å². The minimum atomic E-state index is -2.48. The summed E-state index contributed by atoms with van der Waals surface area (Å²) >= 11 is 17.6. The lowest BCUT2D eigenvalue weighted by molar-refractivity contribution is 0.0251. The first-order valence-corrected chi connectivity index (χ1v) is 13.6. The van der Waals surface area contributed by atoms with Crippen LogP contribution < -0.4 is 4.74 Å². The van der Waals surface area contributed by atoms with Crippen LogP contribution in [0.3, 0.4) is 0 Å². The van der Waals surface area contributed by atoms with Crippen LogP contribution in [0.4, 0.5) is 0 Å². The van der Waals surface area contributed by atoms with Gasteiger partial charge in [-0.2, -0.15) is 0 Å². The molecule has 0 saturated heterocycles. The van der Waals surface area contributed by atoms with Crippen molar-refractivity contribution < 1.29 is 9.47 Å². The second-order valence-corrected chi connectivity index (χ2v) is 15.3. The molecule has 0 amide bonds. The molecule has 0 spiro atoms. The number of ether oxygens (including phenoxy) is 2. The van der Waals surface area contributed by atoms with E-state index in [-0.39, 0.29) is 0 Å². The van der Waals surface area contributed by atoms with Gasteiger partial charge in [-0.1, -0.05) is 12.1 Å². The molecule has 0 heterocycles. The molecule has 1 aromatic rings. The predicted octanol–water partition coefficient (Wildman–Crippen LogP) is 6.17. The van der Waals surface area contributed by atoms with Crippen molar-refractivity contribution in [1.29, 1.82) is 0 Å². The van der Waals surface area contributed by atoms with Gasteiger partial charge in [0.2, 0.25) is 0 Å². The first kappa shape index (κ1) is 19.4. The van der Waals surface area contributed by atoms with Crippen LogP contribution in [0.2, 0.25) is 6.04 Å². The van der Waals surface area contributed by atoms with Gasteiger partial charge in [-0.3, -0.25) is 0 Å². The van der Waals surface area contributed by atoms with Crippen molar-refractivity contribution in [2.24, 2.45) is 0 Å². The minimum Gasteiger partial charge on any atom is -0.494 e. The third kappa shape index (κ3) is 7.23. The largest absolute Gasteiger partial charge is 0.494 e. The van der Waals surface area contributed by atoms with Crippen LogP contribution in [0, 0.1) is 0 Å². The lowest BCUT2D eigenvalue weighted by Crippen LogP contribution is -2.22. The SMILES string of the molecule is CCOc1ccc(C2CCC(OCCC[Si](Cl)(Cl)Cl)CC2)cc1. The van der Waals surface area contributed by atoms with Gasteiger partial charge in [0.25, 0.3) is 0 Å². The minimum absolute atomic E-state index is 0.367. The summed E-state index contributed by atoms with van der Waals surface area (Å²) in [6.45, 7) is 3.42. The zero-order valence-electron chi connectivity index (χ0n) is 13.6. The Morgan fingerprint density at radius 3 is 2.26 bits per heavy atom. The van der Waals surface area contributed by atoms with Gasteiger partial charge in [0, 0.05) is 6.61 Å². The molecular formula is C17H25Cl3O2Si. The first-order valence-electron chi connectivity index (χ1n) is 8.39. The van der Waals surface area contributed by atoms with Crippen molar-refractivity contribution in [1.82, 2.24) is 0 Å². The molecule has 1 saturated carbocycles. The van der Waals surface area contributed by atoms with Gasteiger partial charge in [-0.05, 0) is 68.7 Å². The van der Waals surface area contributed by atoms with Gasteiger partial charge in [-0.15, -0.1) is 33.2 Å². The first-order chi connectivity index (χ1) is 11.0. The maximum Gasteiger partial charge on any atom is 0.341 e. The zero-order valence-corrected chi connectivity index (χ0v) is 16.8. The fraction of sp³-hybridized carbons (Fsp3) is 0.647. The highest BCUT2D eigenvalue weighted by atomic mass is 35.8. The summed E-state index contributed by atoms with van der Waals surface area (Å²) in [6, 6.07) is 6.73. The predicted molar refractivity (Wildman–Crippen MR) is 101 cm³/mol. The van der Waals surface area contributed by atoms with Gasteiger partial charge in [0.1, 0.15) is 5.75 Å². The molecule has 2 nitrogen and oxygen atoms in total. The molecule has 23 heavy (non-hydrogen) atoms. The lowest BCUT2D eigenvalue weighted by atomic mass is 9.83. The molecule has 0 unspecified atom stereocenters. The van der Waals surface area contributed by atoms with E-state index >= 15 is 0 Å². The molecule has 130 valence electrons. The molecule has 2 rings (SSSR count). The van der Waals surface area contributed by atoms with E-state index in [9.17, 15) is 0 Å². The Kier molecular flexibility index (Phi) is 8.03. The Labute approximate surface area is 154 Å².